The summed E-state index contributed by atoms with van der Waals surface area (Å²) in [5.74, 6) is 5.31. The molecule has 0 aromatic carbocycles. The van der Waals surface area contributed by atoms with E-state index in [0.29, 0.717) is 5.56 Å². The third-order valence-corrected chi connectivity index (χ3v) is 1.35. The van der Waals surface area contributed by atoms with E-state index in [0.717, 1.165) is 0 Å². The highest BCUT2D eigenvalue weighted by Gasteiger charge is 1.96. The second-order valence-corrected chi connectivity index (χ2v) is 2.20. The highest BCUT2D eigenvalue weighted by Crippen LogP contribution is 2.00. The van der Waals surface area contributed by atoms with Gasteiger partial charge >= 0.3 is 0 Å². The molecule has 14 heavy (non-hydrogen) atoms. The second kappa shape index (κ2) is 5.21. The Hall–Kier alpha value is -2.49. The Morgan fingerprint density at radius 3 is 3.21 bits per heavy atom. The molecule has 0 aliphatic carbocycles. The molecule has 0 spiro atoms. The predicted octanol–water partition coefficient (Wildman–Crippen LogP) is 1.62. The van der Waals surface area contributed by atoms with E-state index in [-0.39, 0.29) is 12.2 Å². The molecule has 1 heterocycles. The van der Waals surface area contributed by atoms with Gasteiger partial charge in [-0.1, -0.05) is 17.0 Å². The molecule has 5 heteroatoms. The standard InChI is InChI=1S/C9H5N5/c10-7-9-8(3-1-5-12-9)4-2-6-13-14-11/h1,3,5H,6H2. The number of hydrogen-bond acceptors (Lipinski definition) is 3. The fourth-order valence-electron chi connectivity index (χ4n) is 0.797. The molecule has 0 amide bonds. The van der Waals surface area contributed by atoms with Gasteiger partial charge in [0.2, 0.25) is 0 Å². The van der Waals surface area contributed by atoms with Gasteiger partial charge in [0.25, 0.3) is 0 Å². The quantitative estimate of drug-likeness (QED) is 0.286. The number of nitrogens with zero attached hydrogens (tertiary/aromatic N) is 5. The molecule has 0 atom stereocenters. The van der Waals surface area contributed by atoms with Crippen molar-refractivity contribution in [3.63, 3.8) is 0 Å². The van der Waals surface area contributed by atoms with Crippen molar-refractivity contribution >= 4 is 0 Å². The molecule has 1 rings (SSSR count). The van der Waals surface area contributed by atoms with Crippen LogP contribution in [-0.2, 0) is 0 Å². The Morgan fingerprint density at radius 1 is 1.64 bits per heavy atom. The minimum atomic E-state index is 0.0935. The zero-order chi connectivity index (χ0) is 10.2. The molecule has 0 bridgehead atoms. The highest BCUT2D eigenvalue weighted by atomic mass is 15.1. The van der Waals surface area contributed by atoms with Crippen molar-refractivity contribution in [2.24, 2.45) is 5.11 Å². The van der Waals surface area contributed by atoms with Crippen LogP contribution in [0.1, 0.15) is 11.3 Å². The van der Waals surface area contributed by atoms with Crippen LogP contribution in [0, 0.1) is 23.2 Å². The van der Waals surface area contributed by atoms with Crippen molar-refractivity contribution in [3.05, 3.63) is 40.0 Å². The first kappa shape index (κ1) is 9.60. The Morgan fingerprint density at radius 2 is 2.50 bits per heavy atom. The first-order valence-electron chi connectivity index (χ1n) is 3.73. The van der Waals surface area contributed by atoms with Gasteiger partial charge in [-0.3, -0.25) is 0 Å². The molecule has 0 aliphatic heterocycles. The summed E-state index contributed by atoms with van der Waals surface area (Å²) < 4.78 is 0. The summed E-state index contributed by atoms with van der Waals surface area (Å²) in [7, 11) is 0. The summed E-state index contributed by atoms with van der Waals surface area (Å²) in [5.41, 5.74) is 8.81. The average Bonchev–Trinajstić information content (AvgIpc) is 2.25. The summed E-state index contributed by atoms with van der Waals surface area (Å²) in [6, 6.07) is 5.30. The van der Waals surface area contributed by atoms with Gasteiger partial charge < -0.3 is 0 Å². The molecule has 0 N–H and O–H groups in total. The molecule has 0 radical (unpaired) electrons. The van der Waals surface area contributed by atoms with Gasteiger partial charge in [0.15, 0.2) is 5.69 Å². The Balaban J connectivity index is 2.89. The zero-order valence-electron chi connectivity index (χ0n) is 7.18. The summed E-state index contributed by atoms with van der Waals surface area (Å²) >= 11 is 0. The van der Waals surface area contributed by atoms with E-state index >= 15 is 0 Å². The van der Waals surface area contributed by atoms with Crippen molar-refractivity contribution in [2.45, 2.75) is 0 Å². The van der Waals surface area contributed by atoms with E-state index in [9.17, 15) is 0 Å². The van der Waals surface area contributed by atoms with Gasteiger partial charge in [-0.05, 0) is 17.7 Å². The number of rotatable bonds is 1. The van der Waals surface area contributed by atoms with Gasteiger partial charge in [-0.15, -0.1) is 0 Å². The first-order valence-corrected chi connectivity index (χ1v) is 3.73. The van der Waals surface area contributed by atoms with E-state index < -0.39 is 0 Å². The van der Waals surface area contributed by atoms with Crippen LogP contribution in [0.3, 0.4) is 0 Å². The minimum absolute atomic E-state index is 0.0935. The lowest BCUT2D eigenvalue weighted by atomic mass is 10.2. The predicted molar refractivity (Wildman–Crippen MR) is 49.8 cm³/mol. The molecule has 0 aliphatic rings. The lowest BCUT2D eigenvalue weighted by Gasteiger charge is -1.90. The third kappa shape index (κ3) is 2.53. The largest absolute Gasteiger partial charge is 0.244 e. The highest BCUT2D eigenvalue weighted by molar-refractivity contribution is 5.43. The van der Waals surface area contributed by atoms with Crippen LogP contribution >= 0.6 is 0 Å². The molecule has 5 nitrogen and oxygen atoms in total. The normalized spacial score (nSPS) is 7.64. The van der Waals surface area contributed by atoms with Crippen molar-refractivity contribution < 1.29 is 0 Å². The maximum absolute atomic E-state index is 8.66. The molecule has 0 unspecified atom stereocenters. The molecular formula is C9H5N5. The lowest BCUT2D eigenvalue weighted by Crippen LogP contribution is -1.86. The van der Waals surface area contributed by atoms with Crippen molar-refractivity contribution in [1.29, 1.82) is 5.26 Å². The van der Waals surface area contributed by atoms with Crippen LogP contribution in [0.5, 0.6) is 0 Å². The molecule has 1 aromatic rings. The fraction of sp³-hybridized carbons (Fsp3) is 0.111. The molecule has 0 saturated heterocycles. The van der Waals surface area contributed by atoms with Crippen LogP contribution < -0.4 is 0 Å². The van der Waals surface area contributed by atoms with Crippen LogP contribution in [-0.4, -0.2) is 11.5 Å². The van der Waals surface area contributed by atoms with Crippen LogP contribution in [0.25, 0.3) is 10.4 Å². The second-order valence-electron chi connectivity index (χ2n) is 2.20. The van der Waals surface area contributed by atoms with Gasteiger partial charge in [0.1, 0.15) is 6.07 Å². The van der Waals surface area contributed by atoms with Gasteiger partial charge in [-0.2, -0.15) is 5.26 Å². The van der Waals surface area contributed by atoms with E-state index in [2.05, 4.69) is 26.9 Å². The number of nitriles is 1. The Labute approximate surface area is 80.6 Å². The maximum atomic E-state index is 8.66. The number of azide groups is 1. The number of pyridine rings is 1. The summed E-state index contributed by atoms with van der Waals surface area (Å²) in [6.45, 7) is 0.0935. The minimum Gasteiger partial charge on any atom is -0.244 e. The van der Waals surface area contributed by atoms with Crippen molar-refractivity contribution in [2.75, 3.05) is 6.54 Å². The summed E-state index contributed by atoms with van der Waals surface area (Å²) in [4.78, 5) is 6.38. The van der Waals surface area contributed by atoms with Crippen LogP contribution in [0.4, 0.5) is 0 Å². The molecular weight excluding hydrogens is 178 g/mol. The monoisotopic (exact) mass is 183 g/mol. The van der Waals surface area contributed by atoms with Crippen LogP contribution in [0.2, 0.25) is 0 Å². The van der Waals surface area contributed by atoms with E-state index in [1.54, 1.807) is 12.1 Å². The molecule has 66 valence electrons. The van der Waals surface area contributed by atoms with Crippen molar-refractivity contribution in [1.82, 2.24) is 4.98 Å². The van der Waals surface area contributed by atoms with Crippen LogP contribution in [0.15, 0.2) is 23.4 Å². The van der Waals surface area contributed by atoms with E-state index in [4.69, 9.17) is 10.8 Å². The first-order chi connectivity index (χ1) is 6.88. The SMILES string of the molecule is N#Cc1ncccc1C#CCN=[N+]=[N-]. The van der Waals surface area contributed by atoms with E-state index in [1.807, 2.05) is 6.07 Å². The van der Waals surface area contributed by atoms with Gasteiger partial charge in [-0.25, -0.2) is 4.98 Å². The Kier molecular flexibility index (Phi) is 3.57. The topological polar surface area (TPSA) is 85.4 Å². The maximum Gasteiger partial charge on any atom is 0.156 e. The summed E-state index contributed by atoms with van der Waals surface area (Å²) in [6.07, 6.45) is 1.52. The van der Waals surface area contributed by atoms with Crippen molar-refractivity contribution in [3.8, 4) is 17.9 Å². The van der Waals surface area contributed by atoms with Gasteiger partial charge in [0.05, 0.1) is 12.1 Å². The fourth-order valence-corrected chi connectivity index (χ4v) is 0.797. The zero-order valence-corrected chi connectivity index (χ0v) is 7.18. The Bertz CT molecular complexity index is 468. The lowest BCUT2D eigenvalue weighted by molar-refractivity contribution is 1.24. The summed E-state index contributed by atoms with van der Waals surface area (Å²) in [5, 5.41) is 11.9. The number of aromatic nitrogens is 1. The molecule has 0 saturated carbocycles. The number of hydrogen-bond donors (Lipinski definition) is 0. The third-order valence-electron chi connectivity index (χ3n) is 1.35. The van der Waals surface area contributed by atoms with Gasteiger partial charge in [0, 0.05) is 11.1 Å². The van der Waals surface area contributed by atoms with E-state index in [1.165, 1.54) is 6.20 Å². The molecule has 0 fully saturated rings. The molecule has 1 aromatic heterocycles. The average molecular weight is 183 g/mol. The smallest absolute Gasteiger partial charge is 0.156 e.